The molecule has 1 rings (SSSR count). The van der Waals surface area contributed by atoms with Crippen molar-refractivity contribution in [1.82, 2.24) is 4.98 Å². The van der Waals surface area contributed by atoms with E-state index in [0.717, 1.165) is 6.42 Å². The smallest absolute Gasteiger partial charge is 0.311 e. The highest BCUT2D eigenvalue weighted by molar-refractivity contribution is 9.10. The number of nitro groups is 1. The Morgan fingerprint density at radius 2 is 2.35 bits per heavy atom. The van der Waals surface area contributed by atoms with Crippen LogP contribution in [0.5, 0.6) is 0 Å². The van der Waals surface area contributed by atoms with Gasteiger partial charge in [0.05, 0.1) is 9.40 Å². The first-order valence-corrected chi connectivity index (χ1v) is 6.00. The topological polar surface area (TPSA) is 88.3 Å². The highest BCUT2D eigenvalue weighted by Crippen LogP contribution is 2.31. The van der Waals surface area contributed by atoms with Crippen molar-refractivity contribution in [1.29, 1.82) is 0 Å². The quantitative estimate of drug-likeness (QED) is 0.622. The largest absolute Gasteiger partial charge is 0.396 e. The summed E-state index contributed by atoms with van der Waals surface area (Å²) < 4.78 is 0.558. The normalized spacial score (nSPS) is 12.2. The SMILES string of the molecule is CC(CCCO)Nc1c(Br)cncc1[N+](=O)[O-]. The van der Waals surface area contributed by atoms with Crippen LogP contribution in [0.15, 0.2) is 16.9 Å². The third kappa shape index (κ3) is 3.94. The molecule has 1 heterocycles. The molecule has 1 aromatic heterocycles. The third-order valence-electron chi connectivity index (χ3n) is 2.26. The minimum Gasteiger partial charge on any atom is -0.396 e. The number of anilines is 1. The molecule has 6 nitrogen and oxygen atoms in total. The van der Waals surface area contributed by atoms with E-state index in [2.05, 4.69) is 26.2 Å². The number of halogens is 1. The maximum absolute atomic E-state index is 10.8. The van der Waals surface area contributed by atoms with Gasteiger partial charge in [0.1, 0.15) is 11.9 Å². The van der Waals surface area contributed by atoms with Crippen LogP contribution in [-0.4, -0.2) is 27.7 Å². The first-order valence-electron chi connectivity index (χ1n) is 5.21. The summed E-state index contributed by atoms with van der Waals surface area (Å²) in [4.78, 5) is 14.1. The standard InChI is InChI=1S/C10H14BrN3O3/c1-7(3-2-4-15)13-10-8(11)5-12-6-9(10)14(16)17/h5-7,15H,2-4H2,1H3,(H,12,13). The van der Waals surface area contributed by atoms with Gasteiger partial charge >= 0.3 is 5.69 Å². The van der Waals surface area contributed by atoms with Gasteiger partial charge in [0.2, 0.25) is 0 Å². The zero-order chi connectivity index (χ0) is 12.8. The Labute approximate surface area is 107 Å². The summed E-state index contributed by atoms with van der Waals surface area (Å²) in [6.07, 6.45) is 4.12. The van der Waals surface area contributed by atoms with Crippen molar-refractivity contribution >= 4 is 27.3 Å². The molecule has 1 unspecified atom stereocenters. The van der Waals surface area contributed by atoms with Crippen LogP contribution in [0.2, 0.25) is 0 Å². The van der Waals surface area contributed by atoms with Crippen molar-refractivity contribution in [2.24, 2.45) is 0 Å². The number of hydrogen-bond acceptors (Lipinski definition) is 5. The second-order valence-corrected chi connectivity index (χ2v) is 4.54. The van der Waals surface area contributed by atoms with Crippen LogP contribution in [0.3, 0.4) is 0 Å². The number of aromatic nitrogens is 1. The van der Waals surface area contributed by atoms with Crippen LogP contribution >= 0.6 is 15.9 Å². The lowest BCUT2D eigenvalue weighted by Crippen LogP contribution is -2.17. The molecule has 0 aliphatic heterocycles. The molecule has 0 bridgehead atoms. The van der Waals surface area contributed by atoms with Crippen molar-refractivity contribution in [3.8, 4) is 0 Å². The molecular weight excluding hydrogens is 290 g/mol. The molecule has 0 aromatic carbocycles. The second-order valence-electron chi connectivity index (χ2n) is 3.68. The van der Waals surface area contributed by atoms with E-state index in [1.807, 2.05) is 6.92 Å². The molecular formula is C10H14BrN3O3. The maximum atomic E-state index is 10.8. The predicted octanol–water partition coefficient (Wildman–Crippen LogP) is 2.33. The Balaban J connectivity index is 2.85. The number of rotatable bonds is 6. The maximum Gasteiger partial charge on any atom is 0.311 e. The van der Waals surface area contributed by atoms with Crippen LogP contribution in [0.4, 0.5) is 11.4 Å². The van der Waals surface area contributed by atoms with E-state index in [4.69, 9.17) is 5.11 Å². The zero-order valence-corrected chi connectivity index (χ0v) is 11.0. The van der Waals surface area contributed by atoms with Crippen LogP contribution in [-0.2, 0) is 0 Å². The van der Waals surface area contributed by atoms with Gasteiger partial charge in [0.15, 0.2) is 0 Å². The lowest BCUT2D eigenvalue weighted by atomic mass is 10.2. The summed E-state index contributed by atoms with van der Waals surface area (Å²) in [7, 11) is 0. The van der Waals surface area contributed by atoms with Gasteiger partial charge in [0, 0.05) is 18.8 Å². The van der Waals surface area contributed by atoms with Gasteiger partial charge in [-0.05, 0) is 35.7 Å². The Morgan fingerprint density at radius 3 is 2.94 bits per heavy atom. The van der Waals surface area contributed by atoms with Crippen molar-refractivity contribution < 1.29 is 10.0 Å². The summed E-state index contributed by atoms with van der Waals surface area (Å²) in [5.74, 6) is 0. The minimum absolute atomic E-state index is 0.0413. The van der Waals surface area contributed by atoms with Crippen LogP contribution in [0.25, 0.3) is 0 Å². The first kappa shape index (κ1) is 13.9. The lowest BCUT2D eigenvalue weighted by molar-refractivity contribution is -0.384. The lowest BCUT2D eigenvalue weighted by Gasteiger charge is -2.15. The number of nitrogens with zero attached hydrogens (tertiary/aromatic N) is 2. The summed E-state index contributed by atoms with van der Waals surface area (Å²) in [6, 6.07) is 0.0413. The van der Waals surface area contributed by atoms with Gasteiger partial charge in [-0.2, -0.15) is 0 Å². The van der Waals surface area contributed by atoms with Crippen LogP contribution in [0.1, 0.15) is 19.8 Å². The molecule has 0 spiro atoms. The van der Waals surface area contributed by atoms with Crippen molar-refractivity contribution in [2.45, 2.75) is 25.8 Å². The molecule has 0 aliphatic rings. The van der Waals surface area contributed by atoms with Crippen LogP contribution in [0, 0.1) is 10.1 Å². The van der Waals surface area contributed by atoms with E-state index < -0.39 is 4.92 Å². The fourth-order valence-electron chi connectivity index (χ4n) is 1.42. The highest BCUT2D eigenvalue weighted by atomic mass is 79.9. The second kappa shape index (κ2) is 6.51. The Bertz CT molecular complexity index is 400. The van der Waals surface area contributed by atoms with Gasteiger partial charge < -0.3 is 10.4 Å². The van der Waals surface area contributed by atoms with E-state index in [-0.39, 0.29) is 18.3 Å². The summed E-state index contributed by atoms with van der Waals surface area (Å²) in [5.41, 5.74) is 0.366. The van der Waals surface area contributed by atoms with Gasteiger partial charge in [-0.1, -0.05) is 0 Å². The Kier molecular flexibility index (Phi) is 5.30. The van der Waals surface area contributed by atoms with Gasteiger partial charge in [-0.25, -0.2) is 0 Å². The number of aliphatic hydroxyl groups excluding tert-OH is 1. The van der Waals surface area contributed by atoms with E-state index in [1.54, 1.807) is 0 Å². The number of aliphatic hydroxyl groups is 1. The monoisotopic (exact) mass is 303 g/mol. The molecule has 1 atom stereocenters. The first-order chi connectivity index (χ1) is 8.06. The van der Waals surface area contributed by atoms with E-state index in [1.165, 1.54) is 12.4 Å². The van der Waals surface area contributed by atoms with E-state index >= 15 is 0 Å². The molecule has 17 heavy (non-hydrogen) atoms. The molecule has 0 amide bonds. The molecule has 94 valence electrons. The average molecular weight is 304 g/mol. The molecule has 0 saturated carbocycles. The molecule has 7 heteroatoms. The molecule has 2 N–H and O–H groups in total. The number of hydrogen-bond donors (Lipinski definition) is 2. The predicted molar refractivity (Wildman–Crippen MR) is 68.0 cm³/mol. The Morgan fingerprint density at radius 1 is 1.65 bits per heavy atom. The number of nitrogens with one attached hydrogen (secondary N) is 1. The van der Waals surface area contributed by atoms with Crippen LogP contribution < -0.4 is 5.32 Å². The van der Waals surface area contributed by atoms with Gasteiger partial charge in [-0.3, -0.25) is 15.1 Å². The highest BCUT2D eigenvalue weighted by Gasteiger charge is 2.18. The summed E-state index contributed by atoms with van der Waals surface area (Å²) in [6.45, 7) is 2.03. The van der Waals surface area contributed by atoms with Crippen molar-refractivity contribution in [3.63, 3.8) is 0 Å². The molecule has 0 aliphatic carbocycles. The van der Waals surface area contributed by atoms with Gasteiger partial charge in [-0.15, -0.1) is 0 Å². The van der Waals surface area contributed by atoms with E-state index in [9.17, 15) is 10.1 Å². The third-order valence-corrected chi connectivity index (χ3v) is 2.86. The zero-order valence-electron chi connectivity index (χ0n) is 9.39. The Hall–Kier alpha value is -1.21. The summed E-state index contributed by atoms with van der Waals surface area (Å²) >= 11 is 3.23. The van der Waals surface area contributed by atoms with Crippen molar-refractivity contribution in [2.75, 3.05) is 11.9 Å². The van der Waals surface area contributed by atoms with E-state index in [0.29, 0.717) is 16.6 Å². The minimum atomic E-state index is -0.473. The fraction of sp³-hybridized carbons (Fsp3) is 0.500. The summed E-state index contributed by atoms with van der Waals surface area (Å²) in [5, 5.41) is 22.6. The number of pyridine rings is 1. The van der Waals surface area contributed by atoms with Crippen molar-refractivity contribution in [3.05, 3.63) is 27.0 Å². The molecule has 0 fully saturated rings. The average Bonchev–Trinajstić information content (AvgIpc) is 2.28. The molecule has 1 aromatic rings. The molecule has 0 radical (unpaired) electrons. The molecule has 0 saturated heterocycles. The fourth-order valence-corrected chi connectivity index (χ4v) is 1.86. The van der Waals surface area contributed by atoms with Gasteiger partial charge in [0.25, 0.3) is 0 Å².